The van der Waals surface area contributed by atoms with Gasteiger partial charge in [0.25, 0.3) is 5.91 Å². The summed E-state index contributed by atoms with van der Waals surface area (Å²) in [6.07, 6.45) is -0.0555. The highest BCUT2D eigenvalue weighted by molar-refractivity contribution is 5.78. The lowest BCUT2D eigenvalue weighted by Crippen LogP contribution is -2.55. The van der Waals surface area contributed by atoms with Crippen LogP contribution >= 0.6 is 0 Å². The molecule has 0 spiro atoms. The average Bonchev–Trinajstić information content (AvgIpc) is 2.65. The van der Waals surface area contributed by atoms with Gasteiger partial charge in [-0.2, -0.15) is 0 Å². The van der Waals surface area contributed by atoms with Gasteiger partial charge in [-0.3, -0.25) is 4.79 Å². The zero-order valence-electron chi connectivity index (χ0n) is 15.3. The molecule has 1 aliphatic rings. The molecule has 1 saturated heterocycles. The summed E-state index contributed by atoms with van der Waals surface area (Å²) in [5.41, 5.74) is 0.723. The van der Waals surface area contributed by atoms with Gasteiger partial charge in [-0.1, -0.05) is 6.07 Å². The van der Waals surface area contributed by atoms with Gasteiger partial charge < -0.3 is 23.8 Å². The van der Waals surface area contributed by atoms with Crippen LogP contribution in [0.15, 0.2) is 42.5 Å². The van der Waals surface area contributed by atoms with E-state index in [2.05, 4.69) is 0 Å². The van der Waals surface area contributed by atoms with Gasteiger partial charge in [-0.05, 0) is 42.0 Å². The van der Waals surface area contributed by atoms with E-state index in [9.17, 15) is 9.18 Å². The number of halogens is 1. The minimum Gasteiger partial charge on any atom is -0.497 e. The number of carbonyl (C=O) groups excluding carboxylic acids is 1. The normalized spacial score (nSPS) is 13.8. The maximum Gasteiger partial charge on any atom is 0.260 e. The Morgan fingerprint density at radius 2 is 1.78 bits per heavy atom. The van der Waals surface area contributed by atoms with Crippen molar-refractivity contribution in [2.75, 3.05) is 33.9 Å². The van der Waals surface area contributed by atoms with E-state index in [4.69, 9.17) is 18.9 Å². The van der Waals surface area contributed by atoms with E-state index >= 15 is 0 Å². The SMILES string of the molecule is COc1ccc(OCC(=O)N2CC(OCc3ccc(OC)c(F)c3)C2)cc1. The van der Waals surface area contributed by atoms with Crippen LogP contribution in [0.1, 0.15) is 5.56 Å². The third-order valence-corrected chi connectivity index (χ3v) is 4.32. The van der Waals surface area contributed by atoms with Crippen molar-refractivity contribution >= 4 is 5.91 Å². The number of likely N-dealkylation sites (tertiary alicyclic amines) is 1. The van der Waals surface area contributed by atoms with Crippen LogP contribution in [0.5, 0.6) is 17.2 Å². The highest BCUT2D eigenvalue weighted by Gasteiger charge is 2.31. The lowest BCUT2D eigenvalue weighted by molar-refractivity contribution is -0.148. The van der Waals surface area contributed by atoms with Crippen molar-refractivity contribution in [3.63, 3.8) is 0 Å². The number of amides is 1. The van der Waals surface area contributed by atoms with Gasteiger partial charge >= 0.3 is 0 Å². The largest absolute Gasteiger partial charge is 0.497 e. The molecule has 1 amide bonds. The fourth-order valence-corrected chi connectivity index (χ4v) is 2.67. The molecule has 2 aromatic rings. The fraction of sp³-hybridized carbons (Fsp3) is 0.350. The van der Waals surface area contributed by atoms with Crippen LogP contribution in [0.2, 0.25) is 0 Å². The highest BCUT2D eigenvalue weighted by Crippen LogP contribution is 2.21. The Balaban J connectivity index is 1.37. The average molecular weight is 375 g/mol. The number of benzene rings is 2. The number of ether oxygens (including phenoxy) is 4. The molecule has 6 nitrogen and oxygen atoms in total. The minimum atomic E-state index is -0.417. The Morgan fingerprint density at radius 1 is 1.07 bits per heavy atom. The monoisotopic (exact) mass is 375 g/mol. The summed E-state index contributed by atoms with van der Waals surface area (Å²) in [6, 6.07) is 11.8. The molecule has 2 aromatic carbocycles. The number of rotatable bonds is 8. The summed E-state index contributed by atoms with van der Waals surface area (Å²) in [5.74, 6) is 1.03. The van der Waals surface area contributed by atoms with E-state index in [1.807, 2.05) is 0 Å². The standard InChI is InChI=1S/C20H22FNO5/c1-24-15-4-6-16(7-5-15)27-13-20(23)22-10-17(11-22)26-12-14-3-8-19(25-2)18(21)9-14/h3-9,17H,10-13H2,1-2H3. The van der Waals surface area contributed by atoms with Crippen molar-refractivity contribution in [3.8, 4) is 17.2 Å². The zero-order valence-corrected chi connectivity index (χ0v) is 15.3. The molecule has 1 heterocycles. The molecule has 0 saturated carbocycles. The Bertz CT molecular complexity index is 774. The lowest BCUT2D eigenvalue weighted by Gasteiger charge is -2.38. The minimum absolute atomic E-state index is 0.0251. The van der Waals surface area contributed by atoms with Crippen molar-refractivity contribution in [1.82, 2.24) is 4.90 Å². The third kappa shape index (κ3) is 4.89. The third-order valence-electron chi connectivity index (χ3n) is 4.32. The maximum absolute atomic E-state index is 13.7. The van der Waals surface area contributed by atoms with Crippen molar-refractivity contribution < 1.29 is 28.1 Å². The first-order valence-corrected chi connectivity index (χ1v) is 8.57. The number of hydrogen-bond donors (Lipinski definition) is 0. The van der Waals surface area contributed by atoms with Crippen LogP contribution < -0.4 is 14.2 Å². The van der Waals surface area contributed by atoms with Crippen molar-refractivity contribution in [2.24, 2.45) is 0 Å². The molecule has 7 heteroatoms. The zero-order chi connectivity index (χ0) is 19.2. The van der Waals surface area contributed by atoms with E-state index < -0.39 is 5.82 Å². The Morgan fingerprint density at radius 3 is 2.41 bits per heavy atom. The second kappa shape index (κ2) is 8.73. The van der Waals surface area contributed by atoms with Crippen molar-refractivity contribution in [2.45, 2.75) is 12.7 Å². The summed E-state index contributed by atoms with van der Waals surface area (Å²) >= 11 is 0. The number of hydrogen-bond acceptors (Lipinski definition) is 5. The smallest absolute Gasteiger partial charge is 0.260 e. The van der Waals surface area contributed by atoms with E-state index in [0.29, 0.717) is 18.8 Å². The first-order valence-electron chi connectivity index (χ1n) is 8.57. The fourth-order valence-electron chi connectivity index (χ4n) is 2.67. The summed E-state index contributed by atoms with van der Waals surface area (Å²) in [4.78, 5) is 13.8. The van der Waals surface area contributed by atoms with Crippen LogP contribution in [0.4, 0.5) is 4.39 Å². The molecular weight excluding hydrogens is 353 g/mol. The summed E-state index contributed by atoms with van der Waals surface area (Å²) in [5, 5.41) is 0. The van der Waals surface area contributed by atoms with Crippen molar-refractivity contribution in [1.29, 1.82) is 0 Å². The van der Waals surface area contributed by atoms with E-state index in [1.165, 1.54) is 13.2 Å². The summed E-state index contributed by atoms with van der Waals surface area (Å²) < 4.78 is 34.8. The molecular formula is C20H22FNO5. The molecule has 144 valence electrons. The van der Waals surface area contributed by atoms with Gasteiger partial charge in [0.15, 0.2) is 18.2 Å². The molecule has 27 heavy (non-hydrogen) atoms. The Hall–Kier alpha value is -2.80. The Kier molecular flexibility index (Phi) is 6.13. The molecule has 0 aromatic heterocycles. The first kappa shape index (κ1) is 19.0. The molecule has 1 fully saturated rings. The molecule has 0 unspecified atom stereocenters. The second-order valence-electron chi connectivity index (χ2n) is 6.16. The first-order chi connectivity index (χ1) is 13.1. The van der Waals surface area contributed by atoms with Gasteiger partial charge in [-0.25, -0.2) is 4.39 Å². The van der Waals surface area contributed by atoms with E-state index in [0.717, 1.165) is 11.3 Å². The van der Waals surface area contributed by atoms with Crippen LogP contribution in [0.25, 0.3) is 0 Å². The van der Waals surface area contributed by atoms with Crippen molar-refractivity contribution in [3.05, 3.63) is 53.8 Å². The molecule has 0 N–H and O–H groups in total. The molecule has 0 aliphatic carbocycles. The predicted molar refractivity (Wildman–Crippen MR) is 96.6 cm³/mol. The molecule has 1 aliphatic heterocycles. The van der Waals surface area contributed by atoms with E-state index in [1.54, 1.807) is 48.4 Å². The van der Waals surface area contributed by atoms with E-state index in [-0.39, 0.29) is 31.0 Å². The maximum atomic E-state index is 13.7. The topological polar surface area (TPSA) is 57.2 Å². The molecule has 0 bridgehead atoms. The molecule has 0 atom stereocenters. The van der Waals surface area contributed by atoms with Gasteiger partial charge in [0.2, 0.25) is 0 Å². The summed E-state index contributed by atoms with van der Waals surface area (Å²) in [6.45, 7) is 1.27. The predicted octanol–water partition coefficient (Wildman–Crippen LogP) is 2.65. The second-order valence-corrected chi connectivity index (χ2v) is 6.16. The number of carbonyl (C=O) groups is 1. The quantitative estimate of drug-likeness (QED) is 0.710. The van der Waals surface area contributed by atoms with Gasteiger partial charge in [0.1, 0.15) is 11.5 Å². The van der Waals surface area contributed by atoms with Gasteiger partial charge in [0.05, 0.1) is 26.9 Å². The number of methoxy groups -OCH3 is 2. The number of nitrogens with zero attached hydrogens (tertiary/aromatic N) is 1. The highest BCUT2D eigenvalue weighted by atomic mass is 19.1. The van der Waals surface area contributed by atoms with Crippen LogP contribution in [-0.4, -0.2) is 50.8 Å². The van der Waals surface area contributed by atoms with Crippen LogP contribution in [-0.2, 0) is 16.1 Å². The Labute approximate surface area is 157 Å². The lowest BCUT2D eigenvalue weighted by atomic mass is 10.1. The van der Waals surface area contributed by atoms with Gasteiger partial charge in [0, 0.05) is 13.1 Å². The molecule has 3 rings (SSSR count). The molecule has 0 radical (unpaired) electrons. The summed E-state index contributed by atoms with van der Waals surface area (Å²) in [7, 11) is 3.01. The van der Waals surface area contributed by atoms with Gasteiger partial charge in [-0.15, -0.1) is 0 Å². The van der Waals surface area contributed by atoms with Crippen LogP contribution in [0, 0.1) is 5.82 Å². The van der Waals surface area contributed by atoms with Crippen LogP contribution in [0.3, 0.4) is 0 Å².